The molecule has 174 valence electrons. The van der Waals surface area contributed by atoms with E-state index < -0.39 is 15.8 Å². The highest BCUT2D eigenvalue weighted by Crippen LogP contribution is 2.28. The van der Waals surface area contributed by atoms with Gasteiger partial charge in [-0.05, 0) is 42.8 Å². The molecule has 0 radical (unpaired) electrons. The molecule has 1 fully saturated rings. The van der Waals surface area contributed by atoms with Crippen molar-refractivity contribution in [2.24, 2.45) is 0 Å². The Balaban J connectivity index is 1.94. The first kappa shape index (κ1) is 24.3. The number of unbranched alkanes of at least 4 members (excludes halogenated alkanes) is 1. The Morgan fingerprint density at radius 2 is 1.94 bits per heavy atom. The number of piperazine rings is 1. The van der Waals surface area contributed by atoms with Gasteiger partial charge in [-0.1, -0.05) is 24.9 Å². The molecule has 2 N–H and O–H groups in total. The fourth-order valence-electron chi connectivity index (χ4n) is 3.51. The zero-order valence-electron chi connectivity index (χ0n) is 18.2. The molecule has 0 atom stereocenters. The molecule has 1 aliphatic heterocycles. The van der Waals surface area contributed by atoms with Gasteiger partial charge < -0.3 is 15.1 Å². The SMILES string of the molecule is CCCCN(C)C(=O)c1cc(NS(=O)(=O)c2ccc(F)c(Cl)c2)ccc1N1CCNCC1. The summed E-state index contributed by atoms with van der Waals surface area (Å²) < 4.78 is 41.5. The third-order valence-electron chi connectivity index (χ3n) is 5.33. The summed E-state index contributed by atoms with van der Waals surface area (Å²) in [4.78, 5) is 16.8. The van der Waals surface area contributed by atoms with Gasteiger partial charge in [-0.15, -0.1) is 0 Å². The van der Waals surface area contributed by atoms with Crippen LogP contribution < -0.4 is 14.9 Å². The predicted octanol–water partition coefficient (Wildman–Crippen LogP) is 3.56. The molecule has 0 spiro atoms. The highest BCUT2D eigenvalue weighted by atomic mass is 35.5. The van der Waals surface area contributed by atoms with E-state index in [0.29, 0.717) is 12.1 Å². The molecular formula is C22H28ClFN4O3S. The summed E-state index contributed by atoms with van der Waals surface area (Å²) >= 11 is 5.74. The number of sulfonamides is 1. The summed E-state index contributed by atoms with van der Waals surface area (Å²) in [5.74, 6) is -0.869. The summed E-state index contributed by atoms with van der Waals surface area (Å²) in [7, 11) is -2.27. The van der Waals surface area contributed by atoms with Crippen LogP contribution in [0.2, 0.25) is 5.02 Å². The van der Waals surface area contributed by atoms with E-state index in [1.165, 1.54) is 0 Å². The Kier molecular flexibility index (Phi) is 7.97. The van der Waals surface area contributed by atoms with Crippen LogP contribution in [-0.2, 0) is 10.0 Å². The van der Waals surface area contributed by atoms with E-state index in [1.807, 2.05) is 0 Å². The van der Waals surface area contributed by atoms with Crippen LogP contribution in [0.3, 0.4) is 0 Å². The Labute approximate surface area is 193 Å². The van der Waals surface area contributed by atoms with Crippen molar-refractivity contribution in [1.82, 2.24) is 10.2 Å². The molecule has 0 aliphatic carbocycles. The maximum absolute atomic E-state index is 13.4. The van der Waals surface area contributed by atoms with Crippen LogP contribution >= 0.6 is 11.6 Å². The van der Waals surface area contributed by atoms with Crippen molar-refractivity contribution in [2.75, 3.05) is 49.4 Å². The number of halogens is 2. The topological polar surface area (TPSA) is 81.8 Å². The maximum Gasteiger partial charge on any atom is 0.261 e. The minimum absolute atomic E-state index is 0.164. The molecule has 1 amide bonds. The van der Waals surface area contributed by atoms with Gasteiger partial charge in [0.05, 0.1) is 15.5 Å². The average molecular weight is 483 g/mol. The smallest absolute Gasteiger partial charge is 0.261 e. The Hall–Kier alpha value is -2.36. The molecule has 1 aliphatic rings. The summed E-state index contributed by atoms with van der Waals surface area (Å²) in [6, 6.07) is 8.15. The van der Waals surface area contributed by atoms with Crippen molar-refractivity contribution in [2.45, 2.75) is 24.7 Å². The van der Waals surface area contributed by atoms with Gasteiger partial charge in [0.2, 0.25) is 0 Å². The highest BCUT2D eigenvalue weighted by Gasteiger charge is 2.23. The molecule has 0 bridgehead atoms. The number of nitrogens with one attached hydrogen (secondary N) is 2. The molecular weight excluding hydrogens is 455 g/mol. The average Bonchev–Trinajstić information content (AvgIpc) is 2.79. The summed E-state index contributed by atoms with van der Waals surface area (Å²) in [6.07, 6.45) is 1.84. The molecule has 2 aromatic rings. The lowest BCUT2D eigenvalue weighted by Gasteiger charge is -2.32. The zero-order valence-corrected chi connectivity index (χ0v) is 19.8. The van der Waals surface area contributed by atoms with Gasteiger partial charge in [0.1, 0.15) is 5.82 Å². The summed E-state index contributed by atoms with van der Waals surface area (Å²) in [5.41, 5.74) is 1.45. The first-order valence-corrected chi connectivity index (χ1v) is 12.4. The molecule has 0 unspecified atom stereocenters. The number of hydrogen-bond donors (Lipinski definition) is 2. The molecule has 32 heavy (non-hydrogen) atoms. The largest absolute Gasteiger partial charge is 0.368 e. The number of amides is 1. The third kappa shape index (κ3) is 5.70. The second-order valence-electron chi connectivity index (χ2n) is 7.73. The standard InChI is InChI=1S/C22H28ClFN4O3S/c1-3-4-11-27(2)22(29)18-14-16(5-8-21(18)28-12-9-25-10-13-28)26-32(30,31)17-6-7-20(24)19(23)15-17/h5-8,14-15,25-26H,3-4,9-13H2,1-2H3. The van der Waals surface area contributed by atoms with Crippen LogP contribution in [0.15, 0.2) is 41.3 Å². The number of rotatable bonds is 8. The van der Waals surface area contributed by atoms with Crippen molar-refractivity contribution < 1.29 is 17.6 Å². The summed E-state index contributed by atoms with van der Waals surface area (Å²) in [5, 5.41) is 3.00. The number of benzene rings is 2. The zero-order chi connectivity index (χ0) is 23.3. The van der Waals surface area contributed by atoms with Gasteiger partial charge in [0, 0.05) is 51.1 Å². The third-order valence-corrected chi connectivity index (χ3v) is 7.00. The lowest BCUT2D eigenvalue weighted by Crippen LogP contribution is -2.44. The molecule has 0 saturated carbocycles. The maximum atomic E-state index is 13.4. The van der Waals surface area contributed by atoms with E-state index in [2.05, 4.69) is 21.9 Å². The van der Waals surface area contributed by atoms with Crippen molar-refractivity contribution in [3.8, 4) is 0 Å². The number of carbonyl (C=O) groups excluding carboxylic acids is 1. The van der Waals surface area contributed by atoms with Gasteiger partial charge in [-0.2, -0.15) is 0 Å². The normalized spacial score (nSPS) is 14.3. The summed E-state index contributed by atoms with van der Waals surface area (Å²) in [6.45, 7) is 5.77. The fourth-order valence-corrected chi connectivity index (χ4v) is 4.83. The monoisotopic (exact) mass is 482 g/mol. The van der Waals surface area contributed by atoms with Crippen LogP contribution in [0.1, 0.15) is 30.1 Å². The van der Waals surface area contributed by atoms with E-state index in [4.69, 9.17) is 11.6 Å². The van der Waals surface area contributed by atoms with Crippen molar-refractivity contribution >= 4 is 38.9 Å². The minimum atomic E-state index is -4.02. The van der Waals surface area contributed by atoms with Crippen LogP contribution in [0.25, 0.3) is 0 Å². The second-order valence-corrected chi connectivity index (χ2v) is 9.82. The van der Waals surface area contributed by atoms with Crippen LogP contribution in [0.4, 0.5) is 15.8 Å². The van der Waals surface area contributed by atoms with E-state index in [0.717, 1.165) is 62.9 Å². The van der Waals surface area contributed by atoms with Gasteiger partial charge in [0.15, 0.2) is 0 Å². The predicted molar refractivity (Wildman–Crippen MR) is 126 cm³/mol. The number of anilines is 2. The molecule has 10 heteroatoms. The quantitative estimate of drug-likeness (QED) is 0.601. The molecule has 1 saturated heterocycles. The molecule has 2 aromatic carbocycles. The molecule has 3 rings (SSSR count). The Morgan fingerprint density at radius 1 is 1.22 bits per heavy atom. The van der Waals surface area contributed by atoms with Crippen LogP contribution in [0.5, 0.6) is 0 Å². The van der Waals surface area contributed by atoms with Gasteiger partial charge in [0.25, 0.3) is 15.9 Å². The second kappa shape index (κ2) is 10.5. The van der Waals surface area contributed by atoms with Gasteiger partial charge >= 0.3 is 0 Å². The Morgan fingerprint density at radius 3 is 2.59 bits per heavy atom. The Bertz CT molecular complexity index is 1070. The van der Waals surface area contributed by atoms with Crippen LogP contribution in [0, 0.1) is 5.82 Å². The van der Waals surface area contributed by atoms with E-state index in [1.54, 1.807) is 30.1 Å². The van der Waals surface area contributed by atoms with Crippen LogP contribution in [-0.4, -0.2) is 59.0 Å². The molecule has 1 heterocycles. The first-order valence-electron chi connectivity index (χ1n) is 10.6. The lowest BCUT2D eigenvalue weighted by atomic mass is 10.1. The van der Waals surface area contributed by atoms with Gasteiger partial charge in [-0.25, -0.2) is 12.8 Å². The number of nitrogens with zero attached hydrogens (tertiary/aromatic N) is 2. The highest BCUT2D eigenvalue weighted by molar-refractivity contribution is 7.92. The van der Waals surface area contributed by atoms with E-state index >= 15 is 0 Å². The number of hydrogen-bond acceptors (Lipinski definition) is 5. The molecule has 0 aromatic heterocycles. The fraction of sp³-hybridized carbons (Fsp3) is 0.409. The minimum Gasteiger partial charge on any atom is -0.368 e. The molecule has 7 nitrogen and oxygen atoms in total. The van der Waals surface area contributed by atoms with E-state index in [9.17, 15) is 17.6 Å². The lowest BCUT2D eigenvalue weighted by molar-refractivity contribution is 0.0794. The van der Waals surface area contributed by atoms with Gasteiger partial charge in [-0.3, -0.25) is 9.52 Å². The first-order chi connectivity index (χ1) is 15.2. The number of carbonyl (C=O) groups is 1. The van der Waals surface area contributed by atoms with Crippen molar-refractivity contribution in [1.29, 1.82) is 0 Å². The van der Waals surface area contributed by atoms with Crippen molar-refractivity contribution in [3.05, 3.63) is 52.8 Å². The van der Waals surface area contributed by atoms with E-state index in [-0.39, 0.29) is 21.5 Å². The van der Waals surface area contributed by atoms with Crippen molar-refractivity contribution in [3.63, 3.8) is 0 Å².